The van der Waals surface area contributed by atoms with E-state index in [0.29, 0.717) is 25.0 Å². The molecule has 138 valence electrons. The second-order valence-corrected chi connectivity index (χ2v) is 12.2. The monoisotopic (exact) mass is 361 g/mol. The van der Waals surface area contributed by atoms with E-state index < -0.39 is 8.32 Å². The highest BCUT2D eigenvalue weighted by Gasteiger charge is 2.36. The summed E-state index contributed by atoms with van der Waals surface area (Å²) < 4.78 is 11.5. The fraction of sp³-hybridized carbons (Fsp3) is 0.550. The van der Waals surface area contributed by atoms with Crippen molar-refractivity contribution in [2.45, 2.75) is 39.6 Å². The van der Waals surface area contributed by atoms with E-state index in [4.69, 9.17) is 9.16 Å². The third-order valence-corrected chi connectivity index (χ3v) is 5.36. The smallest absolute Gasteiger partial charge is 0.320 e. The lowest BCUT2D eigenvalue weighted by atomic mass is 9.92. The molecule has 1 aliphatic rings. The molecule has 2 rings (SSSR count). The van der Waals surface area contributed by atoms with E-state index in [9.17, 15) is 4.79 Å². The fourth-order valence-electron chi connectivity index (χ4n) is 3.30. The Morgan fingerprint density at radius 2 is 1.92 bits per heavy atom. The summed E-state index contributed by atoms with van der Waals surface area (Å²) >= 11 is 0. The summed E-state index contributed by atoms with van der Waals surface area (Å²) in [5, 5.41) is 0. The predicted molar refractivity (Wildman–Crippen MR) is 104 cm³/mol. The summed E-state index contributed by atoms with van der Waals surface area (Å²) in [4.78, 5) is 14.3. The van der Waals surface area contributed by atoms with Crippen LogP contribution in [0, 0.1) is 11.8 Å². The quantitative estimate of drug-likeness (QED) is 0.398. The molecule has 5 heteroatoms. The lowest BCUT2D eigenvalue weighted by molar-refractivity contribution is -0.146. The van der Waals surface area contributed by atoms with Crippen LogP contribution in [0.4, 0.5) is 0 Å². The van der Waals surface area contributed by atoms with Crippen molar-refractivity contribution < 1.29 is 14.0 Å². The molecule has 0 radical (unpaired) electrons. The number of hydrogen-bond donors (Lipinski definition) is 0. The molecule has 0 spiro atoms. The number of ether oxygens (including phenoxy) is 1. The van der Waals surface area contributed by atoms with Crippen molar-refractivity contribution >= 4 is 14.3 Å². The minimum atomic E-state index is -1.64. The largest absolute Gasteiger partial charge is 0.548 e. The van der Waals surface area contributed by atoms with Gasteiger partial charge in [0.2, 0.25) is 8.32 Å². The maximum Gasteiger partial charge on any atom is 0.320 e. The van der Waals surface area contributed by atoms with Gasteiger partial charge in [-0.15, -0.1) is 0 Å². The highest BCUT2D eigenvalue weighted by Crippen LogP contribution is 2.32. The minimum Gasteiger partial charge on any atom is -0.548 e. The first kappa shape index (κ1) is 19.7. The Morgan fingerprint density at radius 1 is 1.24 bits per heavy atom. The second-order valence-electron chi connectivity index (χ2n) is 7.80. The van der Waals surface area contributed by atoms with Gasteiger partial charge < -0.3 is 9.16 Å². The lowest BCUT2D eigenvalue weighted by Gasteiger charge is -2.27. The Labute approximate surface area is 152 Å². The molecule has 0 bridgehead atoms. The zero-order valence-corrected chi connectivity index (χ0v) is 17.0. The van der Waals surface area contributed by atoms with Gasteiger partial charge in [0.15, 0.2) is 0 Å². The third kappa shape index (κ3) is 6.33. The van der Waals surface area contributed by atoms with Gasteiger partial charge in [-0.25, -0.2) is 0 Å². The van der Waals surface area contributed by atoms with Gasteiger partial charge in [-0.2, -0.15) is 0 Å². The summed E-state index contributed by atoms with van der Waals surface area (Å²) in [6, 6.07) is 9.78. The van der Waals surface area contributed by atoms with Gasteiger partial charge in [-0.1, -0.05) is 50.3 Å². The van der Waals surface area contributed by atoms with Crippen LogP contribution in [0.2, 0.25) is 19.6 Å². The van der Waals surface area contributed by atoms with E-state index in [1.165, 1.54) is 0 Å². The van der Waals surface area contributed by atoms with Gasteiger partial charge in [-0.3, -0.25) is 9.69 Å². The summed E-state index contributed by atoms with van der Waals surface area (Å²) in [5.41, 5.74) is 1.01. The molecule has 1 saturated heterocycles. The summed E-state index contributed by atoms with van der Waals surface area (Å²) in [6.07, 6.45) is 1.06. The van der Waals surface area contributed by atoms with Crippen LogP contribution in [0.15, 0.2) is 42.7 Å². The minimum absolute atomic E-state index is 0.170. The number of rotatable bonds is 8. The molecule has 2 atom stereocenters. The van der Waals surface area contributed by atoms with Crippen LogP contribution < -0.4 is 0 Å². The number of nitrogens with zero attached hydrogens (tertiary/aromatic N) is 1. The highest BCUT2D eigenvalue weighted by atomic mass is 28.4. The Balaban J connectivity index is 1.84. The van der Waals surface area contributed by atoms with Crippen LogP contribution in [0.5, 0.6) is 0 Å². The van der Waals surface area contributed by atoms with Crippen LogP contribution in [0.3, 0.4) is 0 Å². The molecule has 1 aromatic carbocycles. The lowest BCUT2D eigenvalue weighted by Crippen LogP contribution is -2.31. The van der Waals surface area contributed by atoms with Gasteiger partial charge in [0, 0.05) is 19.0 Å². The van der Waals surface area contributed by atoms with Crippen molar-refractivity contribution in [2.75, 3.05) is 19.6 Å². The molecular formula is C20H31NO3Si. The molecule has 0 saturated carbocycles. The van der Waals surface area contributed by atoms with E-state index in [-0.39, 0.29) is 5.97 Å². The van der Waals surface area contributed by atoms with Crippen molar-refractivity contribution in [3.8, 4) is 0 Å². The van der Waals surface area contributed by atoms with Crippen LogP contribution in [-0.4, -0.2) is 38.8 Å². The Hall–Kier alpha value is -1.59. The Bertz CT molecular complexity index is 582. The Kier molecular flexibility index (Phi) is 6.84. The second kappa shape index (κ2) is 8.67. The number of hydrogen-bond acceptors (Lipinski definition) is 4. The zero-order chi connectivity index (χ0) is 18.4. The average Bonchev–Trinajstić information content (AvgIpc) is 2.95. The van der Waals surface area contributed by atoms with Gasteiger partial charge in [-0.05, 0) is 31.1 Å². The fourth-order valence-corrected chi connectivity index (χ4v) is 4.24. The first-order valence-corrected chi connectivity index (χ1v) is 12.5. The molecule has 0 aliphatic carbocycles. The Morgan fingerprint density at radius 3 is 2.52 bits per heavy atom. The molecule has 1 heterocycles. The van der Waals surface area contributed by atoms with Crippen LogP contribution >= 0.6 is 0 Å². The number of likely N-dealkylation sites (tertiary alicyclic amines) is 1. The standard InChI is InChI=1S/C20H31NO3Si/c1-6-18-12-21(13-19(18)16(2)24-25(3,4)5)14-20(22)23-15-17-10-8-7-9-11-17/h7-11,18-19H,2,6,12-15H2,1,3-5H3. The normalized spacial score (nSPS) is 21.1. The van der Waals surface area contributed by atoms with Gasteiger partial charge in [0.1, 0.15) is 6.61 Å². The van der Waals surface area contributed by atoms with Crippen molar-refractivity contribution in [3.05, 3.63) is 48.2 Å². The molecule has 0 aromatic heterocycles. The highest BCUT2D eigenvalue weighted by molar-refractivity contribution is 6.70. The molecule has 1 aromatic rings. The zero-order valence-electron chi connectivity index (χ0n) is 16.0. The van der Waals surface area contributed by atoms with Crippen molar-refractivity contribution in [3.63, 3.8) is 0 Å². The number of esters is 1. The van der Waals surface area contributed by atoms with E-state index in [1.807, 2.05) is 30.3 Å². The summed E-state index contributed by atoms with van der Waals surface area (Å²) in [6.45, 7) is 15.3. The molecule has 1 fully saturated rings. The number of carbonyl (C=O) groups excluding carboxylic acids is 1. The molecule has 4 nitrogen and oxygen atoms in total. The predicted octanol–water partition coefficient (Wildman–Crippen LogP) is 4.05. The first-order chi connectivity index (χ1) is 11.8. The van der Waals surface area contributed by atoms with E-state index in [2.05, 4.69) is 38.0 Å². The number of carbonyl (C=O) groups is 1. The van der Waals surface area contributed by atoms with E-state index >= 15 is 0 Å². The van der Waals surface area contributed by atoms with Crippen molar-refractivity contribution in [1.82, 2.24) is 4.90 Å². The molecular weight excluding hydrogens is 330 g/mol. The molecule has 0 amide bonds. The van der Waals surface area contributed by atoms with Crippen molar-refractivity contribution in [1.29, 1.82) is 0 Å². The van der Waals surface area contributed by atoms with Gasteiger partial charge in [0.05, 0.1) is 12.3 Å². The topological polar surface area (TPSA) is 38.8 Å². The summed E-state index contributed by atoms with van der Waals surface area (Å²) in [5.74, 6) is 1.52. The molecule has 25 heavy (non-hydrogen) atoms. The van der Waals surface area contributed by atoms with E-state index in [0.717, 1.165) is 30.8 Å². The SMILES string of the molecule is C=C(O[Si](C)(C)C)C1CN(CC(=O)OCc2ccccc2)CC1CC. The van der Waals surface area contributed by atoms with Crippen LogP contribution in [0.1, 0.15) is 18.9 Å². The molecule has 0 N–H and O–H groups in total. The first-order valence-electron chi connectivity index (χ1n) is 9.08. The molecule has 1 aliphatic heterocycles. The van der Waals surface area contributed by atoms with Crippen molar-refractivity contribution in [2.24, 2.45) is 11.8 Å². The average molecular weight is 362 g/mol. The summed E-state index contributed by atoms with van der Waals surface area (Å²) in [7, 11) is -1.64. The number of benzene rings is 1. The molecule has 2 unspecified atom stereocenters. The van der Waals surface area contributed by atoms with Gasteiger partial charge in [0.25, 0.3) is 0 Å². The van der Waals surface area contributed by atoms with Gasteiger partial charge >= 0.3 is 5.97 Å². The maximum atomic E-state index is 12.2. The third-order valence-electron chi connectivity index (χ3n) is 4.49. The van der Waals surface area contributed by atoms with E-state index in [1.54, 1.807) is 0 Å². The van der Waals surface area contributed by atoms with Crippen LogP contribution in [-0.2, 0) is 20.6 Å². The maximum absolute atomic E-state index is 12.2. The van der Waals surface area contributed by atoms with Crippen LogP contribution in [0.25, 0.3) is 0 Å².